The van der Waals surface area contributed by atoms with Crippen LogP contribution in [0.2, 0.25) is 0 Å². The van der Waals surface area contributed by atoms with Crippen molar-refractivity contribution in [3.05, 3.63) is 30.0 Å². The van der Waals surface area contributed by atoms with Gasteiger partial charge in [0.2, 0.25) is 17.7 Å². The van der Waals surface area contributed by atoms with Gasteiger partial charge in [0.15, 0.2) is 0 Å². The molecule has 2 aliphatic rings. The Hall–Kier alpha value is -3.21. The number of alkyl halides is 2. The van der Waals surface area contributed by atoms with Crippen molar-refractivity contribution in [1.82, 2.24) is 25.0 Å². The second-order valence-corrected chi connectivity index (χ2v) is 10.3. The lowest BCUT2D eigenvalue weighted by Gasteiger charge is -2.39. The first kappa shape index (κ1) is 27.8. The average molecular weight is 534 g/mol. The minimum atomic E-state index is -2.73. The number of nitrogens with zero attached hydrogens (tertiary/aromatic N) is 3. The van der Waals surface area contributed by atoms with E-state index in [2.05, 4.69) is 10.6 Å². The van der Waals surface area contributed by atoms with Crippen molar-refractivity contribution in [2.75, 3.05) is 40.3 Å². The van der Waals surface area contributed by atoms with Crippen molar-refractivity contribution in [2.45, 2.75) is 50.6 Å². The third kappa shape index (κ3) is 5.77. The van der Waals surface area contributed by atoms with Crippen LogP contribution in [0.25, 0.3) is 10.9 Å². The molecule has 1 aliphatic carbocycles. The number of methoxy groups -OCH3 is 1. The van der Waals surface area contributed by atoms with Crippen molar-refractivity contribution >= 4 is 28.6 Å². The van der Waals surface area contributed by atoms with Crippen LogP contribution in [0.1, 0.15) is 43.1 Å². The quantitative estimate of drug-likeness (QED) is 0.570. The predicted molar refractivity (Wildman–Crippen MR) is 139 cm³/mol. The van der Waals surface area contributed by atoms with Gasteiger partial charge in [0, 0.05) is 57.5 Å². The van der Waals surface area contributed by atoms with Crippen molar-refractivity contribution in [3.63, 3.8) is 0 Å². The molecule has 208 valence electrons. The zero-order valence-corrected chi connectivity index (χ0v) is 22.4. The number of nitrogens with one attached hydrogen (secondary N) is 2. The Kier molecular flexibility index (Phi) is 8.25. The zero-order chi connectivity index (χ0) is 27.6. The fraction of sp³-hybridized carbons (Fsp3) is 0.593. The molecule has 2 heterocycles. The van der Waals surface area contributed by atoms with E-state index in [9.17, 15) is 23.2 Å². The summed E-state index contributed by atoms with van der Waals surface area (Å²) in [7, 11) is 5.07. The maximum atomic E-state index is 13.8. The number of amides is 3. The van der Waals surface area contributed by atoms with Gasteiger partial charge < -0.3 is 29.7 Å². The van der Waals surface area contributed by atoms with Crippen molar-refractivity contribution in [3.8, 4) is 5.75 Å². The Morgan fingerprint density at radius 2 is 1.68 bits per heavy atom. The molecule has 2 atom stereocenters. The Bertz CT molecular complexity index is 1180. The van der Waals surface area contributed by atoms with Crippen molar-refractivity contribution < 1.29 is 27.9 Å². The normalized spacial score (nSPS) is 19.7. The van der Waals surface area contributed by atoms with Crippen molar-refractivity contribution in [1.29, 1.82) is 0 Å². The largest absolute Gasteiger partial charge is 0.497 e. The highest BCUT2D eigenvalue weighted by Crippen LogP contribution is 2.38. The van der Waals surface area contributed by atoms with E-state index in [4.69, 9.17) is 4.74 Å². The van der Waals surface area contributed by atoms with Gasteiger partial charge in [-0.25, -0.2) is 8.78 Å². The molecule has 1 saturated heterocycles. The molecule has 11 heteroatoms. The summed E-state index contributed by atoms with van der Waals surface area (Å²) in [5.74, 6) is -3.13. The lowest BCUT2D eigenvalue weighted by atomic mass is 9.81. The third-order valence-corrected chi connectivity index (χ3v) is 7.97. The maximum Gasteiger partial charge on any atom is 0.270 e. The first-order valence-corrected chi connectivity index (χ1v) is 13.1. The van der Waals surface area contributed by atoms with Gasteiger partial charge in [0.25, 0.3) is 5.91 Å². The zero-order valence-electron chi connectivity index (χ0n) is 22.4. The van der Waals surface area contributed by atoms with Gasteiger partial charge in [0.05, 0.1) is 18.7 Å². The molecule has 2 fully saturated rings. The van der Waals surface area contributed by atoms with E-state index in [1.807, 2.05) is 35.9 Å². The number of aromatic nitrogens is 1. The number of hydrogen-bond acceptors (Lipinski definition) is 5. The Balaban J connectivity index is 1.44. The monoisotopic (exact) mass is 533 g/mol. The van der Waals surface area contributed by atoms with Gasteiger partial charge in [-0.05, 0) is 50.9 Å². The lowest BCUT2D eigenvalue weighted by molar-refractivity contribution is -0.141. The van der Waals surface area contributed by atoms with E-state index in [0.29, 0.717) is 37.6 Å². The van der Waals surface area contributed by atoms with Crippen LogP contribution in [0.5, 0.6) is 5.75 Å². The smallest absolute Gasteiger partial charge is 0.270 e. The van der Waals surface area contributed by atoms with E-state index in [1.54, 1.807) is 30.9 Å². The summed E-state index contributed by atoms with van der Waals surface area (Å²) >= 11 is 0. The van der Waals surface area contributed by atoms with Crippen LogP contribution in [-0.4, -0.2) is 90.4 Å². The lowest BCUT2D eigenvalue weighted by Crippen LogP contribution is -2.59. The average Bonchev–Trinajstić information content (AvgIpc) is 3.26. The summed E-state index contributed by atoms with van der Waals surface area (Å²) < 4.78 is 34.7. The fourth-order valence-corrected chi connectivity index (χ4v) is 5.32. The molecule has 2 aromatic rings. The standard InChI is InChI=1S/C27H37F2N5O4/c1-17(30-2)24(35)31-23(18-7-9-27(28,29)10-8-18)26(37)34-13-11-33(12-14-34)25(36)22-15-19-5-6-20(38-4)16-21(19)32(22)3/h5-6,15-18,23,30H,7-14H2,1-4H3,(H,31,35)/t17?,23-/m0/s1. The third-order valence-electron chi connectivity index (χ3n) is 7.97. The number of halogens is 2. The first-order valence-electron chi connectivity index (χ1n) is 13.1. The van der Waals surface area contributed by atoms with Gasteiger partial charge in [-0.2, -0.15) is 0 Å². The van der Waals surface area contributed by atoms with Crippen LogP contribution in [0.4, 0.5) is 8.78 Å². The highest BCUT2D eigenvalue weighted by Gasteiger charge is 2.42. The van der Waals surface area contributed by atoms with Crippen LogP contribution in [0.15, 0.2) is 24.3 Å². The number of rotatable bonds is 7. The minimum Gasteiger partial charge on any atom is -0.497 e. The summed E-state index contributed by atoms with van der Waals surface area (Å²) in [5.41, 5.74) is 1.43. The van der Waals surface area contributed by atoms with E-state index >= 15 is 0 Å². The summed E-state index contributed by atoms with van der Waals surface area (Å²) in [6.45, 7) is 2.97. The number of ether oxygens (including phenoxy) is 1. The van der Waals surface area contributed by atoms with E-state index in [0.717, 1.165) is 10.9 Å². The van der Waals surface area contributed by atoms with Crippen LogP contribution >= 0.6 is 0 Å². The topological polar surface area (TPSA) is 95.9 Å². The second kappa shape index (κ2) is 11.3. The SMILES string of the molecule is CNC(C)C(=O)N[C@H](C(=O)N1CCN(C(=O)c2cc3ccc(OC)cc3n2C)CC1)C1CCC(F)(F)CC1. The molecule has 3 amide bonds. The molecule has 38 heavy (non-hydrogen) atoms. The van der Waals surface area contributed by atoms with Gasteiger partial charge in [-0.1, -0.05) is 0 Å². The fourth-order valence-electron chi connectivity index (χ4n) is 5.32. The molecule has 1 unspecified atom stereocenters. The number of carbonyl (C=O) groups excluding carboxylic acids is 3. The van der Waals surface area contributed by atoms with Gasteiger partial charge in [-0.3, -0.25) is 14.4 Å². The molecule has 9 nitrogen and oxygen atoms in total. The number of fused-ring (bicyclic) bond motifs is 1. The molecule has 2 N–H and O–H groups in total. The van der Waals surface area contributed by atoms with Gasteiger partial charge in [-0.15, -0.1) is 0 Å². The van der Waals surface area contributed by atoms with Crippen LogP contribution in [0, 0.1) is 5.92 Å². The number of piperazine rings is 1. The van der Waals surface area contributed by atoms with Crippen molar-refractivity contribution in [2.24, 2.45) is 13.0 Å². The van der Waals surface area contributed by atoms with Crippen LogP contribution < -0.4 is 15.4 Å². The highest BCUT2D eigenvalue weighted by atomic mass is 19.3. The predicted octanol–water partition coefficient (Wildman–Crippen LogP) is 2.39. The first-order chi connectivity index (χ1) is 18.0. The van der Waals surface area contributed by atoms with Crippen LogP contribution in [0.3, 0.4) is 0 Å². The number of likely N-dealkylation sites (N-methyl/N-ethyl adjacent to an activating group) is 1. The van der Waals surface area contributed by atoms with E-state index in [-0.39, 0.29) is 49.3 Å². The molecule has 0 bridgehead atoms. The van der Waals surface area contributed by atoms with Gasteiger partial charge >= 0.3 is 0 Å². The molecular formula is C27H37F2N5O4. The van der Waals surface area contributed by atoms with E-state index < -0.39 is 18.0 Å². The molecule has 1 aromatic carbocycles. The summed E-state index contributed by atoms with van der Waals surface area (Å²) in [5, 5.41) is 6.60. The maximum absolute atomic E-state index is 13.8. The van der Waals surface area contributed by atoms with Crippen LogP contribution in [-0.2, 0) is 16.6 Å². The summed E-state index contributed by atoms with van der Waals surface area (Å²) in [6, 6.07) is 6.10. The number of carbonyl (C=O) groups is 3. The number of benzene rings is 1. The Labute approximate surface area is 221 Å². The molecule has 1 aliphatic heterocycles. The Morgan fingerprint density at radius 3 is 2.29 bits per heavy atom. The highest BCUT2D eigenvalue weighted by molar-refractivity contribution is 5.99. The van der Waals surface area contributed by atoms with E-state index in [1.165, 1.54) is 0 Å². The second-order valence-electron chi connectivity index (χ2n) is 10.3. The Morgan fingerprint density at radius 1 is 1.05 bits per heavy atom. The molecular weight excluding hydrogens is 496 g/mol. The summed E-state index contributed by atoms with van der Waals surface area (Å²) in [6.07, 6.45) is -0.250. The molecule has 1 aromatic heterocycles. The van der Waals surface area contributed by atoms with Gasteiger partial charge in [0.1, 0.15) is 17.5 Å². The molecule has 0 radical (unpaired) electrons. The summed E-state index contributed by atoms with van der Waals surface area (Å²) in [4.78, 5) is 42.9. The minimum absolute atomic E-state index is 0.128. The number of hydrogen-bond donors (Lipinski definition) is 2. The number of aryl methyl sites for hydroxylation is 1. The molecule has 1 saturated carbocycles. The molecule has 4 rings (SSSR count). The molecule has 0 spiro atoms.